The molecule has 1 aromatic rings. The lowest BCUT2D eigenvalue weighted by molar-refractivity contribution is 0.0258. The Balaban J connectivity index is 2.22. The number of nitriles is 1. The third-order valence-corrected chi connectivity index (χ3v) is 4.61. The summed E-state index contributed by atoms with van der Waals surface area (Å²) >= 11 is 0. The molecular formula is C23H30N4O4. The van der Waals surface area contributed by atoms with Crippen LogP contribution in [0.4, 0.5) is 4.79 Å². The number of hydrogen-bond acceptors (Lipinski definition) is 6. The molecule has 0 unspecified atom stereocenters. The molecule has 2 rings (SSSR count). The lowest BCUT2D eigenvalue weighted by Crippen LogP contribution is -2.37. The molecule has 0 aromatic carbocycles. The van der Waals surface area contributed by atoms with Gasteiger partial charge in [0.25, 0.3) is 0 Å². The van der Waals surface area contributed by atoms with Gasteiger partial charge >= 0.3 is 12.1 Å². The minimum Gasteiger partial charge on any atom is -0.461 e. The fourth-order valence-electron chi connectivity index (χ4n) is 3.21. The van der Waals surface area contributed by atoms with Crippen molar-refractivity contribution in [3.63, 3.8) is 0 Å². The van der Waals surface area contributed by atoms with Gasteiger partial charge < -0.3 is 18.9 Å². The monoisotopic (exact) mass is 426 g/mol. The van der Waals surface area contributed by atoms with Gasteiger partial charge in [-0.1, -0.05) is 17.6 Å². The molecule has 0 saturated carbocycles. The van der Waals surface area contributed by atoms with Gasteiger partial charge in [0, 0.05) is 19.5 Å². The third-order valence-electron chi connectivity index (χ3n) is 4.61. The first-order chi connectivity index (χ1) is 14.7. The van der Waals surface area contributed by atoms with Crippen molar-refractivity contribution >= 4 is 12.1 Å². The first-order valence-corrected chi connectivity index (χ1v) is 10.4. The first kappa shape index (κ1) is 24.0. The molecule has 0 radical (unpaired) electrons. The van der Waals surface area contributed by atoms with Crippen LogP contribution >= 0.6 is 0 Å². The molecule has 166 valence electrons. The van der Waals surface area contributed by atoms with E-state index < -0.39 is 11.6 Å². The number of rotatable bonds is 5. The highest BCUT2D eigenvalue weighted by Crippen LogP contribution is 2.21. The van der Waals surface area contributed by atoms with Crippen LogP contribution < -0.4 is 0 Å². The van der Waals surface area contributed by atoms with Crippen LogP contribution in [0.5, 0.6) is 0 Å². The minimum absolute atomic E-state index is 0.0156. The summed E-state index contributed by atoms with van der Waals surface area (Å²) < 4.78 is 12.2. The van der Waals surface area contributed by atoms with Gasteiger partial charge in [0.15, 0.2) is 11.4 Å². The molecule has 0 aliphatic carbocycles. The van der Waals surface area contributed by atoms with Crippen LogP contribution in [0.15, 0.2) is 11.6 Å². The van der Waals surface area contributed by atoms with Gasteiger partial charge in [-0.05, 0) is 47.5 Å². The second-order valence-corrected chi connectivity index (χ2v) is 8.12. The molecule has 1 aliphatic rings. The number of carbonyl (C=O) groups is 2. The van der Waals surface area contributed by atoms with E-state index in [0.29, 0.717) is 38.2 Å². The molecule has 8 nitrogen and oxygen atoms in total. The second-order valence-electron chi connectivity index (χ2n) is 8.12. The van der Waals surface area contributed by atoms with Crippen LogP contribution in [0.25, 0.3) is 0 Å². The summed E-state index contributed by atoms with van der Waals surface area (Å²) in [6.45, 7) is 10.5. The molecule has 0 spiro atoms. The second kappa shape index (κ2) is 10.7. The van der Waals surface area contributed by atoms with Gasteiger partial charge in [0.2, 0.25) is 0 Å². The molecule has 0 bridgehead atoms. The first-order valence-electron chi connectivity index (χ1n) is 10.4. The van der Waals surface area contributed by atoms with Crippen LogP contribution in [-0.4, -0.2) is 51.8 Å². The van der Waals surface area contributed by atoms with Gasteiger partial charge in [-0.2, -0.15) is 5.26 Å². The van der Waals surface area contributed by atoms with E-state index in [-0.39, 0.29) is 30.6 Å². The Hall–Kier alpha value is -3.26. The van der Waals surface area contributed by atoms with Gasteiger partial charge in [-0.3, -0.25) is 0 Å². The Labute approximate surface area is 183 Å². The van der Waals surface area contributed by atoms with Crippen molar-refractivity contribution in [3.8, 4) is 17.9 Å². The van der Waals surface area contributed by atoms with Gasteiger partial charge in [0.1, 0.15) is 17.5 Å². The van der Waals surface area contributed by atoms with E-state index in [1.807, 2.05) is 20.8 Å². The van der Waals surface area contributed by atoms with Crippen molar-refractivity contribution in [3.05, 3.63) is 28.9 Å². The smallest absolute Gasteiger partial charge is 0.410 e. The Kier molecular flexibility index (Phi) is 8.27. The van der Waals surface area contributed by atoms with Crippen molar-refractivity contribution in [2.45, 2.75) is 66.0 Å². The predicted molar refractivity (Wildman–Crippen MR) is 115 cm³/mol. The Morgan fingerprint density at radius 3 is 2.65 bits per heavy atom. The largest absolute Gasteiger partial charge is 0.461 e. The Bertz CT molecular complexity index is 951. The fraction of sp³-hybridized carbons (Fsp3) is 0.565. The summed E-state index contributed by atoms with van der Waals surface area (Å²) in [6, 6.07) is 2.07. The highest BCUT2D eigenvalue weighted by Gasteiger charge is 2.26. The topological polar surface area (TPSA) is 97.5 Å². The van der Waals surface area contributed by atoms with Crippen LogP contribution in [0.1, 0.15) is 69.5 Å². The standard InChI is InChI=1S/C23H30N4O4/c1-6-8-13-27-18(16-24)20(21(28)30-7-2)25-19(27)15-17-10-9-12-26(14-11-17)22(29)31-23(3,4)5/h10H,7,9,11-15H2,1-5H3. The number of esters is 1. The van der Waals surface area contributed by atoms with Crippen molar-refractivity contribution in [2.75, 3.05) is 19.7 Å². The summed E-state index contributed by atoms with van der Waals surface area (Å²) in [6.07, 6.45) is 3.58. The molecule has 0 atom stereocenters. The van der Waals surface area contributed by atoms with E-state index in [9.17, 15) is 14.9 Å². The van der Waals surface area contributed by atoms with Crippen molar-refractivity contribution in [2.24, 2.45) is 0 Å². The van der Waals surface area contributed by atoms with E-state index in [1.165, 1.54) is 0 Å². The Morgan fingerprint density at radius 1 is 1.29 bits per heavy atom. The third kappa shape index (κ3) is 6.62. The van der Waals surface area contributed by atoms with Crippen molar-refractivity contribution < 1.29 is 19.1 Å². The number of hydrogen-bond donors (Lipinski definition) is 0. The summed E-state index contributed by atoms with van der Waals surface area (Å²) in [7, 11) is 0. The molecule has 2 heterocycles. The van der Waals surface area contributed by atoms with E-state index in [0.717, 1.165) is 5.57 Å². The summed E-state index contributed by atoms with van der Waals surface area (Å²) in [5, 5.41) is 9.63. The predicted octanol–water partition coefficient (Wildman–Crippen LogP) is 3.45. The average Bonchev–Trinajstić information content (AvgIpc) is 2.86. The zero-order valence-corrected chi connectivity index (χ0v) is 18.9. The number of imidazole rings is 1. The zero-order valence-electron chi connectivity index (χ0n) is 18.9. The van der Waals surface area contributed by atoms with E-state index in [2.05, 4.69) is 29.0 Å². The molecule has 8 heteroatoms. The van der Waals surface area contributed by atoms with Crippen LogP contribution in [-0.2, 0) is 22.4 Å². The highest BCUT2D eigenvalue weighted by molar-refractivity contribution is 5.89. The quantitative estimate of drug-likeness (QED) is 0.406. The number of aromatic nitrogens is 2. The van der Waals surface area contributed by atoms with Gasteiger partial charge in [-0.15, -0.1) is 5.92 Å². The molecule has 0 saturated heterocycles. The van der Waals surface area contributed by atoms with Gasteiger partial charge in [0.05, 0.1) is 13.2 Å². The summed E-state index contributed by atoms with van der Waals surface area (Å²) in [4.78, 5) is 30.8. The molecule has 1 amide bonds. The lowest BCUT2D eigenvalue weighted by atomic mass is 10.1. The van der Waals surface area contributed by atoms with Crippen molar-refractivity contribution in [1.82, 2.24) is 14.5 Å². The number of amides is 1. The van der Waals surface area contributed by atoms with Crippen LogP contribution in [0, 0.1) is 23.2 Å². The molecule has 31 heavy (non-hydrogen) atoms. The fourth-order valence-corrected chi connectivity index (χ4v) is 3.21. The normalized spacial score (nSPS) is 13.9. The number of ether oxygens (including phenoxy) is 2. The van der Waals surface area contributed by atoms with E-state index >= 15 is 0 Å². The van der Waals surface area contributed by atoms with E-state index in [4.69, 9.17) is 9.47 Å². The lowest BCUT2D eigenvalue weighted by Gasteiger charge is -2.26. The summed E-state index contributed by atoms with van der Waals surface area (Å²) in [5.74, 6) is 5.72. The molecule has 0 N–H and O–H groups in total. The maximum Gasteiger partial charge on any atom is 0.410 e. The molecule has 1 aliphatic heterocycles. The molecular weight excluding hydrogens is 396 g/mol. The van der Waals surface area contributed by atoms with Gasteiger partial charge in [-0.25, -0.2) is 14.6 Å². The Morgan fingerprint density at radius 2 is 2.03 bits per heavy atom. The maximum absolute atomic E-state index is 12.4. The van der Waals surface area contributed by atoms with Crippen LogP contribution in [0.3, 0.4) is 0 Å². The highest BCUT2D eigenvalue weighted by atomic mass is 16.6. The van der Waals surface area contributed by atoms with Crippen molar-refractivity contribution in [1.29, 1.82) is 5.26 Å². The van der Waals surface area contributed by atoms with E-state index in [1.54, 1.807) is 23.3 Å². The summed E-state index contributed by atoms with van der Waals surface area (Å²) in [5.41, 5.74) is 0.714. The SMILES string of the molecule is CC#CCn1c(CC2=CCCN(C(=O)OC(C)(C)C)CC2)nc(C(=O)OCC)c1C#N. The minimum atomic E-state index is -0.616. The number of carbonyl (C=O) groups excluding carboxylic acids is 2. The average molecular weight is 427 g/mol. The van der Waals surface area contributed by atoms with Crippen LogP contribution in [0.2, 0.25) is 0 Å². The zero-order chi connectivity index (χ0) is 23.0. The molecule has 1 aromatic heterocycles. The molecule has 0 fully saturated rings. The maximum atomic E-state index is 12.4. The number of nitrogens with zero attached hydrogens (tertiary/aromatic N) is 4.